The Morgan fingerprint density at radius 1 is 1.35 bits per heavy atom. The van der Waals surface area contributed by atoms with E-state index >= 15 is 0 Å². The summed E-state index contributed by atoms with van der Waals surface area (Å²) in [7, 11) is 1.90. The molecule has 0 spiro atoms. The molecule has 2 rings (SSSR count). The van der Waals surface area contributed by atoms with E-state index in [0.29, 0.717) is 16.8 Å². The van der Waals surface area contributed by atoms with Gasteiger partial charge in [0.25, 0.3) is 0 Å². The first-order valence-electron chi connectivity index (χ1n) is 5.21. The molecule has 0 radical (unpaired) electrons. The van der Waals surface area contributed by atoms with Gasteiger partial charge in [-0.2, -0.15) is 0 Å². The van der Waals surface area contributed by atoms with Crippen LogP contribution in [0, 0.1) is 0 Å². The number of rotatable bonds is 2. The fraction of sp³-hybridized carbons (Fsp3) is 0.364. The molecule has 2 heterocycles. The molecule has 0 aliphatic carbocycles. The molecule has 17 heavy (non-hydrogen) atoms. The second-order valence-corrected chi connectivity index (χ2v) is 5.20. The van der Waals surface area contributed by atoms with Crippen LogP contribution < -0.4 is 0 Å². The van der Waals surface area contributed by atoms with E-state index in [0.717, 1.165) is 10.2 Å². The van der Waals surface area contributed by atoms with E-state index in [4.69, 9.17) is 11.6 Å². The molecule has 2 aromatic heterocycles. The molecule has 2 aromatic rings. The Balaban J connectivity index is 2.61. The molecule has 0 saturated carbocycles. The lowest BCUT2D eigenvalue weighted by Gasteiger charge is -2.10. The zero-order valence-corrected chi connectivity index (χ0v) is 12.1. The fourth-order valence-electron chi connectivity index (χ4n) is 1.50. The van der Waals surface area contributed by atoms with Crippen molar-refractivity contribution in [2.45, 2.75) is 19.8 Å². The number of hydrogen-bond acceptors (Lipinski definition) is 3. The zero-order valence-electron chi connectivity index (χ0n) is 9.78. The zero-order chi connectivity index (χ0) is 12.6. The third-order valence-corrected chi connectivity index (χ3v) is 3.69. The Labute approximate surface area is 113 Å². The number of hydrogen-bond donors (Lipinski definition) is 0. The SMILES string of the molecule is CC(C)c1nc(-c2nccn2C)nc(Cl)c1Br. The molecule has 0 amide bonds. The van der Waals surface area contributed by atoms with Gasteiger partial charge in [-0.15, -0.1) is 0 Å². The summed E-state index contributed by atoms with van der Waals surface area (Å²) in [6.07, 6.45) is 3.56. The van der Waals surface area contributed by atoms with Crippen molar-refractivity contribution in [3.63, 3.8) is 0 Å². The lowest BCUT2D eigenvalue weighted by molar-refractivity contribution is 0.802. The molecule has 4 nitrogen and oxygen atoms in total. The third-order valence-electron chi connectivity index (χ3n) is 2.40. The van der Waals surface area contributed by atoms with Gasteiger partial charge < -0.3 is 4.57 Å². The van der Waals surface area contributed by atoms with Crippen molar-refractivity contribution in [3.8, 4) is 11.6 Å². The summed E-state index contributed by atoms with van der Waals surface area (Å²) >= 11 is 9.51. The van der Waals surface area contributed by atoms with Crippen molar-refractivity contribution in [1.29, 1.82) is 0 Å². The second kappa shape index (κ2) is 4.74. The minimum atomic E-state index is 0.267. The Bertz CT molecular complexity index is 550. The van der Waals surface area contributed by atoms with Crippen LogP contribution in [0.4, 0.5) is 0 Å². The molecule has 0 unspecified atom stereocenters. The molecule has 0 saturated heterocycles. The highest BCUT2D eigenvalue weighted by Crippen LogP contribution is 2.30. The van der Waals surface area contributed by atoms with Crippen LogP contribution in [0.15, 0.2) is 16.9 Å². The van der Waals surface area contributed by atoms with E-state index in [9.17, 15) is 0 Å². The maximum Gasteiger partial charge on any atom is 0.197 e. The minimum Gasteiger partial charge on any atom is -0.331 e. The second-order valence-electron chi connectivity index (χ2n) is 4.05. The summed E-state index contributed by atoms with van der Waals surface area (Å²) in [4.78, 5) is 13.0. The molecule has 0 bridgehead atoms. The summed E-state index contributed by atoms with van der Waals surface area (Å²) < 4.78 is 2.62. The molecule has 0 atom stereocenters. The van der Waals surface area contributed by atoms with Crippen LogP contribution in [0.5, 0.6) is 0 Å². The highest BCUT2D eigenvalue weighted by molar-refractivity contribution is 9.10. The van der Waals surface area contributed by atoms with Crippen molar-refractivity contribution in [1.82, 2.24) is 19.5 Å². The predicted molar refractivity (Wildman–Crippen MR) is 71.0 cm³/mol. The fourth-order valence-corrected chi connectivity index (χ4v) is 2.31. The first-order valence-corrected chi connectivity index (χ1v) is 6.38. The summed E-state index contributed by atoms with van der Waals surface area (Å²) in [5, 5.41) is 0.418. The van der Waals surface area contributed by atoms with Crippen LogP contribution in [-0.2, 0) is 7.05 Å². The van der Waals surface area contributed by atoms with E-state index in [2.05, 4.69) is 44.7 Å². The van der Waals surface area contributed by atoms with E-state index in [1.54, 1.807) is 6.20 Å². The maximum atomic E-state index is 6.10. The highest BCUT2D eigenvalue weighted by atomic mass is 79.9. The molecule has 0 aliphatic heterocycles. The number of nitrogens with zero attached hydrogens (tertiary/aromatic N) is 4. The first kappa shape index (κ1) is 12.5. The Morgan fingerprint density at radius 2 is 2.06 bits per heavy atom. The van der Waals surface area contributed by atoms with Gasteiger partial charge in [0.2, 0.25) is 0 Å². The van der Waals surface area contributed by atoms with Crippen LogP contribution in [0.3, 0.4) is 0 Å². The molecular weight excluding hydrogens is 304 g/mol. The Hall–Kier alpha value is -0.940. The van der Waals surface area contributed by atoms with Crippen LogP contribution in [0.1, 0.15) is 25.5 Å². The standard InChI is InChI=1S/C11H12BrClN4/c1-6(2)8-7(12)9(13)16-10(15-8)11-14-4-5-17(11)3/h4-6H,1-3H3. The van der Waals surface area contributed by atoms with E-state index in [-0.39, 0.29) is 5.92 Å². The van der Waals surface area contributed by atoms with E-state index in [1.807, 2.05) is 17.8 Å². The van der Waals surface area contributed by atoms with Gasteiger partial charge >= 0.3 is 0 Å². The average Bonchev–Trinajstić information content (AvgIpc) is 2.68. The molecular formula is C11H12BrClN4. The maximum absolute atomic E-state index is 6.10. The topological polar surface area (TPSA) is 43.6 Å². The summed E-state index contributed by atoms with van der Waals surface area (Å²) in [6.45, 7) is 4.12. The summed E-state index contributed by atoms with van der Waals surface area (Å²) in [6, 6.07) is 0. The van der Waals surface area contributed by atoms with Crippen LogP contribution in [-0.4, -0.2) is 19.5 Å². The van der Waals surface area contributed by atoms with Gasteiger partial charge in [0, 0.05) is 19.4 Å². The number of halogens is 2. The van der Waals surface area contributed by atoms with Crippen molar-refractivity contribution < 1.29 is 0 Å². The predicted octanol–water partition coefficient (Wildman–Crippen LogP) is 3.42. The van der Waals surface area contributed by atoms with E-state index < -0.39 is 0 Å². The number of aryl methyl sites for hydroxylation is 1. The molecule has 0 aliphatic rings. The molecule has 6 heteroatoms. The monoisotopic (exact) mass is 314 g/mol. The summed E-state index contributed by atoms with van der Waals surface area (Å²) in [5.74, 6) is 1.53. The number of imidazole rings is 1. The van der Waals surface area contributed by atoms with Gasteiger partial charge in [-0.1, -0.05) is 25.4 Å². The largest absolute Gasteiger partial charge is 0.331 e. The highest BCUT2D eigenvalue weighted by Gasteiger charge is 2.16. The first-order chi connectivity index (χ1) is 8.00. The smallest absolute Gasteiger partial charge is 0.197 e. The van der Waals surface area contributed by atoms with Crippen LogP contribution in [0.2, 0.25) is 5.15 Å². The number of aromatic nitrogens is 4. The van der Waals surface area contributed by atoms with Gasteiger partial charge in [-0.3, -0.25) is 0 Å². The van der Waals surface area contributed by atoms with Crippen molar-refractivity contribution in [3.05, 3.63) is 27.7 Å². The lowest BCUT2D eigenvalue weighted by atomic mass is 10.1. The van der Waals surface area contributed by atoms with Gasteiger partial charge in [0.1, 0.15) is 5.15 Å². The molecule has 0 aromatic carbocycles. The van der Waals surface area contributed by atoms with Gasteiger partial charge in [-0.05, 0) is 21.8 Å². The minimum absolute atomic E-state index is 0.267. The van der Waals surface area contributed by atoms with Gasteiger partial charge in [-0.25, -0.2) is 15.0 Å². The lowest BCUT2D eigenvalue weighted by Crippen LogP contribution is -2.03. The average molecular weight is 316 g/mol. The van der Waals surface area contributed by atoms with Crippen molar-refractivity contribution >= 4 is 27.5 Å². The van der Waals surface area contributed by atoms with Crippen LogP contribution in [0.25, 0.3) is 11.6 Å². The van der Waals surface area contributed by atoms with Crippen molar-refractivity contribution in [2.75, 3.05) is 0 Å². The normalized spacial score (nSPS) is 11.2. The molecule has 90 valence electrons. The Kier molecular flexibility index (Phi) is 3.49. The van der Waals surface area contributed by atoms with Crippen molar-refractivity contribution in [2.24, 2.45) is 7.05 Å². The molecule has 0 fully saturated rings. The molecule has 0 N–H and O–H groups in total. The summed E-state index contributed by atoms with van der Waals surface area (Å²) in [5.41, 5.74) is 0.892. The van der Waals surface area contributed by atoms with Gasteiger partial charge in [0.05, 0.1) is 10.2 Å². The van der Waals surface area contributed by atoms with Gasteiger partial charge in [0.15, 0.2) is 11.6 Å². The van der Waals surface area contributed by atoms with Crippen LogP contribution >= 0.6 is 27.5 Å². The quantitative estimate of drug-likeness (QED) is 0.798. The third kappa shape index (κ3) is 2.35. The Morgan fingerprint density at radius 3 is 2.59 bits per heavy atom. The van der Waals surface area contributed by atoms with E-state index in [1.165, 1.54) is 0 Å².